The standard InChI is InChI=1S/C15H28N2O/c1-11(2)14-7-15(10-17(9-14)12(3)18)16-8-13-5-4-6-13/h11,13-16H,4-10H2,1-3H3. The van der Waals surface area contributed by atoms with E-state index in [2.05, 4.69) is 19.2 Å². The zero-order valence-electron chi connectivity index (χ0n) is 12.1. The lowest BCUT2D eigenvalue weighted by Gasteiger charge is -2.40. The minimum atomic E-state index is 0.232. The van der Waals surface area contributed by atoms with E-state index in [4.69, 9.17) is 0 Å². The molecule has 3 nitrogen and oxygen atoms in total. The maximum Gasteiger partial charge on any atom is 0.219 e. The average molecular weight is 252 g/mol. The van der Waals surface area contributed by atoms with Crippen molar-refractivity contribution >= 4 is 5.91 Å². The van der Waals surface area contributed by atoms with Crippen molar-refractivity contribution in [3.05, 3.63) is 0 Å². The van der Waals surface area contributed by atoms with Gasteiger partial charge in [-0.3, -0.25) is 4.79 Å². The predicted octanol–water partition coefficient (Wildman–Crippen LogP) is 2.27. The number of piperidine rings is 1. The molecular weight excluding hydrogens is 224 g/mol. The number of carbonyl (C=O) groups is 1. The predicted molar refractivity (Wildman–Crippen MR) is 74.3 cm³/mol. The van der Waals surface area contributed by atoms with Crippen LogP contribution in [0.5, 0.6) is 0 Å². The second-order valence-electron chi connectivity index (χ2n) is 6.57. The zero-order valence-corrected chi connectivity index (χ0v) is 12.1. The van der Waals surface area contributed by atoms with Gasteiger partial charge in [0.05, 0.1) is 0 Å². The van der Waals surface area contributed by atoms with Crippen LogP contribution in [0.25, 0.3) is 0 Å². The maximum absolute atomic E-state index is 11.6. The van der Waals surface area contributed by atoms with Crippen molar-refractivity contribution in [1.29, 1.82) is 0 Å². The summed E-state index contributed by atoms with van der Waals surface area (Å²) in [6.07, 6.45) is 5.42. The second kappa shape index (κ2) is 6.05. The Bertz CT molecular complexity index is 286. The molecule has 2 fully saturated rings. The summed E-state index contributed by atoms with van der Waals surface area (Å²) in [6.45, 7) is 9.27. The molecule has 1 saturated heterocycles. The number of likely N-dealkylation sites (tertiary alicyclic amines) is 1. The van der Waals surface area contributed by atoms with Gasteiger partial charge in [0.15, 0.2) is 0 Å². The molecule has 1 saturated carbocycles. The van der Waals surface area contributed by atoms with Gasteiger partial charge in [0.2, 0.25) is 5.91 Å². The Morgan fingerprint density at radius 2 is 2.06 bits per heavy atom. The Labute approximate surface area is 111 Å². The maximum atomic E-state index is 11.6. The fraction of sp³-hybridized carbons (Fsp3) is 0.933. The summed E-state index contributed by atoms with van der Waals surface area (Å²) >= 11 is 0. The van der Waals surface area contributed by atoms with Crippen LogP contribution in [0.3, 0.4) is 0 Å². The van der Waals surface area contributed by atoms with Crippen molar-refractivity contribution in [2.75, 3.05) is 19.6 Å². The summed E-state index contributed by atoms with van der Waals surface area (Å²) in [5, 5.41) is 3.70. The van der Waals surface area contributed by atoms with E-state index in [1.54, 1.807) is 6.92 Å². The third-order valence-corrected chi connectivity index (χ3v) is 4.79. The summed E-state index contributed by atoms with van der Waals surface area (Å²) in [5.74, 6) is 2.45. The van der Waals surface area contributed by atoms with Crippen LogP contribution in [0.15, 0.2) is 0 Å². The van der Waals surface area contributed by atoms with Crippen molar-refractivity contribution in [2.45, 2.75) is 52.5 Å². The molecule has 1 amide bonds. The van der Waals surface area contributed by atoms with Gasteiger partial charge in [-0.05, 0) is 43.6 Å². The van der Waals surface area contributed by atoms with Gasteiger partial charge in [0.1, 0.15) is 0 Å². The highest BCUT2D eigenvalue weighted by Gasteiger charge is 2.30. The van der Waals surface area contributed by atoms with E-state index < -0.39 is 0 Å². The number of rotatable bonds is 4. The molecule has 1 heterocycles. The van der Waals surface area contributed by atoms with E-state index in [-0.39, 0.29) is 5.91 Å². The van der Waals surface area contributed by atoms with Gasteiger partial charge in [-0.1, -0.05) is 20.3 Å². The van der Waals surface area contributed by atoms with Gasteiger partial charge < -0.3 is 10.2 Å². The fourth-order valence-electron chi connectivity index (χ4n) is 3.06. The minimum absolute atomic E-state index is 0.232. The lowest BCUT2D eigenvalue weighted by atomic mass is 9.83. The monoisotopic (exact) mass is 252 g/mol. The Morgan fingerprint density at radius 3 is 2.56 bits per heavy atom. The van der Waals surface area contributed by atoms with Crippen LogP contribution in [-0.4, -0.2) is 36.5 Å². The lowest BCUT2D eigenvalue weighted by Crippen LogP contribution is -2.52. The molecule has 1 aliphatic carbocycles. The van der Waals surface area contributed by atoms with Gasteiger partial charge in [-0.15, -0.1) is 0 Å². The molecule has 1 aliphatic heterocycles. The first-order valence-corrected chi connectivity index (χ1v) is 7.55. The first-order valence-electron chi connectivity index (χ1n) is 7.55. The van der Waals surface area contributed by atoms with E-state index in [9.17, 15) is 4.79 Å². The summed E-state index contributed by atoms with van der Waals surface area (Å²) in [7, 11) is 0. The van der Waals surface area contributed by atoms with E-state index in [1.165, 1.54) is 25.7 Å². The molecule has 2 rings (SSSR count). The molecule has 2 unspecified atom stereocenters. The topological polar surface area (TPSA) is 32.3 Å². The van der Waals surface area contributed by atoms with Crippen molar-refractivity contribution in [2.24, 2.45) is 17.8 Å². The van der Waals surface area contributed by atoms with Crippen LogP contribution >= 0.6 is 0 Å². The normalized spacial score (nSPS) is 29.4. The highest BCUT2D eigenvalue weighted by atomic mass is 16.2. The molecular formula is C15H28N2O. The van der Waals surface area contributed by atoms with E-state index >= 15 is 0 Å². The molecule has 0 radical (unpaired) electrons. The van der Waals surface area contributed by atoms with Gasteiger partial charge in [-0.25, -0.2) is 0 Å². The molecule has 0 aromatic carbocycles. The number of amides is 1. The quantitative estimate of drug-likeness (QED) is 0.832. The van der Waals surface area contributed by atoms with Crippen molar-refractivity contribution in [3.8, 4) is 0 Å². The SMILES string of the molecule is CC(=O)N1CC(NCC2CCC2)CC(C(C)C)C1. The Balaban J connectivity index is 1.85. The molecule has 0 aromatic rings. The summed E-state index contributed by atoms with van der Waals surface area (Å²) in [4.78, 5) is 13.7. The molecule has 18 heavy (non-hydrogen) atoms. The van der Waals surface area contributed by atoms with E-state index in [0.29, 0.717) is 17.9 Å². The van der Waals surface area contributed by atoms with Gasteiger partial charge in [0, 0.05) is 26.1 Å². The number of nitrogens with one attached hydrogen (secondary N) is 1. The van der Waals surface area contributed by atoms with Crippen LogP contribution in [0.4, 0.5) is 0 Å². The molecule has 0 spiro atoms. The minimum Gasteiger partial charge on any atom is -0.341 e. The number of hydrogen-bond donors (Lipinski definition) is 1. The molecule has 1 N–H and O–H groups in total. The molecule has 3 heteroatoms. The molecule has 104 valence electrons. The first-order chi connectivity index (χ1) is 8.56. The summed E-state index contributed by atoms with van der Waals surface area (Å²) < 4.78 is 0. The van der Waals surface area contributed by atoms with Crippen LogP contribution in [-0.2, 0) is 4.79 Å². The average Bonchev–Trinajstić information content (AvgIpc) is 2.26. The smallest absolute Gasteiger partial charge is 0.219 e. The third kappa shape index (κ3) is 3.47. The molecule has 2 atom stereocenters. The first kappa shape index (κ1) is 13.9. The highest BCUT2D eigenvalue weighted by Crippen LogP contribution is 2.27. The van der Waals surface area contributed by atoms with Crippen LogP contribution in [0.2, 0.25) is 0 Å². The number of nitrogens with zero attached hydrogens (tertiary/aromatic N) is 1. The summed E-state index contributed by atoms with van der Waals surface area (Å²) in [5.41, 5.74) is 0. The second-order valence-corrected chi connectivity index (χ2v) is 6.57. The largest absolute Gasteiger partial charge is 0.341 e. The Hall–Kier alpha value is -0.570. The van der Waals surface area contributed by atoms with E-state index in [1.807, 2.05) is 4.90 Å². The van der Waals surface area contributed by atoms with Gasteiger partial charge in [-0.2, -0.15) is 0 Å². The molecule has 0 aromatic heterocycles. The van der Waals surface area contributed by atoms with Gasteiger partial charge >= 0.3 is 0 Å². The van der Waals surface area contributed by atoms with Crippen LogP contribution in [0, 0.1) is 17.8 Å². The van der Waals surface area contributed by atoms with Gasteiger partial charge in [0.25, 0.3) is 0 Å². The number of hydrogen-bond acceptors (Lipinski definition) is 2. The van der Waals surface area contributed by atoms with Crippen LogP contribution in [0.1, 0.15) is 46.5 Å². The molecule has 0 bridgehead atoms. The fourth-order valence-corrected chi connectivity index (χ4v) is 3.06. The number of carbonyl (C=O) groups excluding carboxylic acids is 1. The van der Waals surface area contributed by atoms with E-state index in [0.717, 1.165) is 25.6 Å². The van der Waals surface area contributed by atoms with Crippen LogP contribution < -0.4 is 5.32 Å². The Morgan fingerprint density at radius 1 is 1.33 bits per heavy atom. The third-order valence-electron chi connectivity index (χ3n) is 4.79. The van der Waals surface area contributed by atoms with Crippen molar-refractivity contribution in [3.63, 3.8) is 0 Å². The van der Waals surface area contributed by atoms with Crippen molar-refractivity contribution < 1.29 is 4.79 Å². The summed E-state index contributed by atoms with van der Waals surface area (Å²) in [6, 6.07) is 0.510. The van der Waals surface area contributed by atoms with Crippen molar-refractivity contribution in [1.82, 2.24) is 10.2 Å². The zero-order chi connectivity index (χ0) is 13.1. The highest BCUT2D eigenvalue weighted by molar-refractivity contribution is 5.73. The molecule has 2 aliphatic rings. The Kier molecular flexibility index (Phi) is 4.66. The lowest BCUT2D eigenvalue weighted by molar-refractivity contribution is -0.131.